The fraction of sp³-hybridized carbons (Fsp3) is 0.625. The van der Waals surface area contributed by atoms with Gasteiger partial charge in [-0.3, -0.25) is 4.90 Å². The zero-order valence-electron chi connectivity index (χ0n) is 13.3. The Balaban J connectivity index is 2.78. The number of hydrogen-bond donors (Lipinski definition) is 1. The quantitative estimate of drug-likeness (QED) is 0.796. The molecule has 0 aliphatic carbocycles. The van der Waals surface area contributed by atoms with Gasteiger partial charge in [0.25, 0.3) is 0 Å². The Morgan fingerprint density at radius 1 is 1.24 bits per heavy atom. The van der Waals surface area contributed by atoms with Crippen LogP contribution in [0.2, 0.25) is 0 Å². The van der Waals surface area contributed by atoms with Crippen LogP contribution in [0.4, 0.5) is 8.78 Å². The normalized spacial score (nSPS) is 13.8. The third-order valence-corrected chi connectivity index (χ3v) is 3.73. The number of halogens is 2. The van der Waals surface area contributed by atoms with E-state index in [0.29, 0.717) is 6.54 Å². The minimum atomic E-state index is -2.79. The number of nitrogens with zero attached hydrogens (tertiary/aromatic N) is 1. The molecule has 1 aromatic rings. The fourth-order valence-electron chi connectivity index (χ4n) is 2.28. The molecule has 0 saturated heterocycles. The summed E-state index contributed by atoms with van der Waals surface area (Å²) in [5.74, 6) is 0.186. The van der Waals surface area contributed by atoms with Crippen LogP contribution in [0.1, 0.15) is 39.3 Å². The van der Waals surface area contributed by atoms with Crippen molar-refractivity contribution in [1.29, 1.82) is 0 Å². The molecule has 0 aliphatic rings. The monoisotopic (exact) mass is 300 g/mol. The minimum absolute atomic E-state index is 0.0446. The van der Waals surface area contributed by atoms with Crippen molar-refractivity contribution in [3.05, 3.63) is 29.8 Å². The van der Waals surface area contributed by atoms with Gasteiger partial charge in [-0.1, -0.05) is 32.9 Å². The average Bonchev–Trinajstić information content (AvgIpc) is 2.44. The van der Waals surface area contributed by atoms with Crippen molar-refractivity contribution >= 4 is 0 Å². The number of ether oxygens (including phenoxy) is 1. The first-order valence-corrected chi connectivity index (χ1v) is 7.28. The van der Waals surface area contributed by atoms with E-state index >= 15 is 0 Å². The first-order chi connectivity index (χ1) is 9.79. The largest absolute Gasteiger partial charge is 0.435 e. The second-order valence-electron chi connectivity index (χ2n) is 6.05. The highest BCUT2D eigenvalue weighted by molar-refractivity contribution is 5.29. The second-order valence-corrected chi connectivity index (χ2v) is 6.05. The van der Waals surface area contributed by atoms with Gasteiger partial charge in [0.1, 0.15) is 5.75 Å². The summed E-state index contributed by atoms with van der Waals surface area (Å²) in [6.45, 7) is 8.12. The van der Waals surface area contributed by atoms with Gasteiger partial charge in [0.15, 0.2) is 0 Å². The van der Waals surface area contributed by atoms with Gasteiger partial charge in [0, 0.05) is 12.6 Å². The zero-order valence-corrected chi connectivity index (χ0v) is 13.3. The Hall–Kier alpha value is -1.20. The molecule has 1 unspecified atom stereocenters. The molecule has 0 spiro atoms. The molecule has 0 bridgehead atoms. The predicted molar refractivity (Wildman–Crippen MR) is 81.6 cm³/mol. The molecule has 1 aromatic carbocycles. The van der Waals surface area contributed by atoms with E-state index in [2.05, 4.69) is 37.3 Å². The summed E-state index contributed by atoms with van der Waals surface area (Å²) in [7, 11) is 0. The lowest BCUT2D eigenvalue weighted by atomic mass is 9.92. The highest BCUT2D eigenvalue weighted by Crippen LogP contribution is 2.26. The van der Waals surface area contributed by atoms with Gasteiger partial charge in [0.2, 0.25) is 0 Å². The highest BCUT2D eigenvalue weighted by Gasteiger charge is 2.23. The zero-order chi connectivity index (χ0) is 16.0. The topological polar surface area (TPSA) is 38.5 Å². The summed E-state index contributed by atoms with van der Waals surface area (Å²) in [5.41, 5.74) is 6.92. The first-order valence-electron chi connectivity index (χ1n) is 7.28. The maximum absolute atomic E-state index is 12.1. The van der Waals surface area contributed by atoms with Crippen molar-refractivity contribution in [2.24, 2.45) is 11.1 Å². The Morgan fingerprint density at radius 2 is 1.81 bits per heavy atom. The SMILES string of the molecule is CCN(CC(C)(C)CN)C(C)c1ccc(OC(F)F)cc1. The molecule has 0 radical (unpaired) electrons. The molecule has 0 aliphatic heterocycles. The van der Waals surface area contributed by atoms with Gasteiger partial charge in [0.05, 0.1) is 0 Å². The molecule has 0 saturated carbocycles. The van der Waals surface area contributed by atoms with E-state index in [9.17, 15) is 8.78 Å². The van der Waals surface area contributed by atoms with E-state index in [1.54, 1.807) is 12.1 Å². The van der Waals surface area contributed by atoms with Gasteiger partial charge >= 0.3 is 6.61 Å². The van der Waals surface area contributed by atoms with Gasteiger partial charge in [-0.25, -0.2) is 0 Å². The molecule has 0 heterocycles. The number of benzene rings is 1. The Bertz CT molecular complexity index is 421. The summed E-state index contributed by atoms with van der Waals surface area (Å²) in [6.07, 6.45) is 0. The van der Waals surface area contributed by atoms with Crippen molar-refractivity contribution in [2.45, 2.75) is 40.3 Å². The molecule has 5 heteroatoms. The maximum Gasteiger partial charge on any atom is 0.387 e. The van der Waals surface area contributed by atoms with Gasteiger partial charge in [-0.2, -0.15) is 8.78 Å². The summed E-state index contributed by atoms with van der Waals surface area (Å²) >= 11 is 0. The lowest BCUT2D eigenvalue weighted by Crippen LogP contribution is -2.39. The van der Waals surface area contributed by atoms with Crippen LogP contribution in [0, 0.1) is 5.41 Å². The molecule has 2 N–H and O–H groups in total. The molecule has 0 amide bonds. The Labute approximate surface area is 126 Å². The van der Waals surface area contributed by atoms with Crippen molar-refractivity contribution in [3.8, 4) is 5.75 Å². The van der Waals surface area contributed by atoms with Gasteiger partial charge in [-0.15, -0.1) is 0 Å². The smallest absolute Gasteiger partial charge is 0.387 e. The molecule has 120 valence electrons. The van der Waals surface area contributed by atoms with Crippen molar-refractivity contribution < 1.29 is 13.5 Å². The molecule has 1 atom stereocenters. The fourth-order valence-corrected chi connectivity index (χ4v) is 2.28. The van der Waals surface area contributed by atoms with Crippen LogP contribution < -0.4 is 10.5 Å². The number of nitrogens with two attached hydrogens (primary N) is 1. The van der Waals surface area contributed by atoms with Crippen molar-refractivity contribution in [3.63, 3.8) is 0 Å². The van der Waals surface area contributed by atoms with Crippen LogP contribution in [0.5, 0.6) is 5.75 Å². The van der Waals surface area contributed by atoms with E-state index in [1.807, 2.05) is 12.1 Å². The molecule has 3 nitrogen and oxygen atoms in total. The van der Waals surface area contributed by atoms with Crippen LogP contribution in [0.25, 0.3) is 0 Å². The van der Waals surface area contributed by atoms with Gasteiger partial charge in [-0.05, 0) is 43.1 Å². The van der Waals surface area contributed by atoms with Crippen LogP contribution in [-0.4, -0.2) is 31.1 Å². The summed E-state index contributed by atoms with van der Waals surface area (Å²) in [6, 6.07) is 7.03. The standard InChI is InChI=1S/C16H26F2N2O/c1-5-20(11-16(3,4)10-19)12(2)13-6-8-14(9-7-13)21-15(17)18/h6-9,12,15H,5,10-11,19H2,1-4H3. The lowest BCUT2D eigenvalue weighted by molar-refractivity contribution is -0.0498. The first kappa shape index (κ1) is 17.9. The molecule has 1 rings (SSSR count). The number of alkyl halides is 2. The summed E-state index contributed by atoms with van der Waals surface area (Å²) in [4.78, 5) is 2.33. The van der Waals surface area contributed by atoms with E-state index in [1.165, 1.54) is 0 Å². The van der Waals surface area contributed by atoms with E-state index in [4.69, 9.17) is 5.73 Å². The van der Waals surface area contributed by atoms with Crippen LogP contribution in [0.3, 0.4) is 0 Å². The van der Waals surface area contributed by atoms with Crippen molar-refractivity contribution in [2.75, 3.05) is 19.6 Å². The number of rotatable bonds is 8. The highest BCUT2D eigenvalue weighted by atomic mass is 19.3. The Morgan fingerprint density at radius 3 is 2.24 bits per heavy atom. The van der Waals surface area contributed by atoms with Crippen LogP contribution >= 0.6 is 0 Å². The molecular weight excluding hydrogens is 274 g/mol. The van der Waals surface area contributed by atoms with E-state index < -0.39 is 6.61 Å². The molecule has 21 heavy (non-hydrogen) atoms. The minimum Gasteiger partial charge on any atom is -0.435 e. The third kappa shape index (κ3) is 5.59. The van der Waals surface area contributed by atoms with Crippen molar-refractivity contribution in [1.82, 2.24) is 4.90 Å². The predicted octanol–water partition coefficient (Wildman–Crippen LogP) is 3.66. The maximum atomic E-state index is 12.1. The van der Waals surface area contributed by atoms with E-state index in [0.717, 1.165) is 18.7 Å². The Kier molecular flexibility index (Phi) is 6.55. The number of hydrogen-bond acceptors (Lipinski definition) is 3. The van der Waals surface area contributed by atoms with Gasteiger partial charge < -0.3 is 10.5 Å². The van der Waals surface area contributed by atoms with Crippen LogP contribution in [0.15, 0.2) is 24.3 Å². The molecular formula is C16H26F2N2O. The second kappa shape index (κ2) is 7.71. The van der Waals surface area contributed by atoms with E-state index in [-0.39, 0.29) is 17.2 Å². The molecule has 0 fully saturated rings. The third-order valence-electron chi connectivity index (χ3n) is 3.73. The lowest BCUT2D eigenvalue weighted by Gasteiger charge is -2.35. The van der Waals surface area contributed by atoms with Crippen LogP contribution in [-0.2, 0) is 0 Å². The summed E-state index contributed by atoms with van der Waals surface area (Å²) in [5, 5.41) is 0. The molecule has 0 aromatic heterocycles. The average molecular weight is 300 g/mol. The summed E-state index contributed by atoms with van der Waals surface area (Å²) < 4.78 is 28.7.